The van der Waals surface area contributed by atoms with E-state index in [1.807, 2.05) is 0 Å². The first-order chi connectivity index (χ1) is 14.9. The van der Waals surface area contributed by atoms with Crippen LogP contribution in [0.1, 0.15) is 22.8 Å². The van der Waals surface area contributed by atoms with Crippen LogP contribution in [0.4, 0.5) is 5.69 Å². The molecule has 31 heavy (non-hydrogen) atoms. The van der Waals surface area contributed by atoms with Gasteiger partial charge in [0.2, 0.25) is 11.8 Å². The first kappa shape index (κ1) is 22.2. The summed E-state index contributed by atoms with van der Waals surface area (Å²) in [6, 6.07) is 11.6. The van der Waals surface area contributed by atoms with E-state index in [4.69, 9.17) is 0 Å². The fourth-order valence-electron chi connectivity index (χ4n) is 3.12. The van der Waals surface area contributed by atoms with Crippen molar-refractivity contribution < 1.29 is 19.3 Å². The Balaban J connectivity index is 1.70. The van der Waals surface area contributed by atoms with E-state index in [1.165, 1.54) is 30.8 Å². The van der Waals surface area contributed by atoms with E-state index < -0.39 is 4.92 Å². The van der Waals surface area contributed by atoms with Crippen LogP contribution in [0.5, 0.6) is 0 Å². The molecule has 0 N–H and O–H groups in total. The highest BCUT2D eigenvalue weighted by atomic mass is 32.2. The maximum absolute atomic E-state index is 12.4. The molecule has 1 fully saturated rings. The number of hydrogen-bond acceptors (Lipinski definition) is 6. The maximum atomic E-state index is 12.4. The zero-order chi connectivity index (χ0) is 22.4. The summed E-state index contributed by atoms with van der Waals surface area (Å²) >= 11 is 1.23. The van der Waals surface area contributed by atoms with Gasteiger partial charge in [-0.25, -0.2) is 0 Å². The highest BCUT2D eigenvalue weighted by Gasteiger charge is 2.21. The number of rotatable bonds is 6. The Bertz CT molecular complexity index is 1030. The molecule has 0 saturated carbocycles. The second-order valence-corrected chi connectivity index (χ2v) is 8.05. The van der Waals surface area contributed by atoms with E-state index >= 15 is 0 Å². The zero-order valence-corrected chi connectivity index (χ0v) is 17.7. The Hall–Kier alpha value is -3.46. The SMILES string of the molecule is CC(=O)N1CCN(C(=O)/C=C/c2ccc(Sc3ccc(C=O)cc3)c([N+](=O)[O-])c2)CC1. The lowest BCUT2D eigenvalue weighted by Crippen LogP contribution is -2.49. The molecule has 1 heterocycles. The molecule has 0 spiro atoms. The van der Waals surface area contributed by atoms with Gasteiger partial charge in [-0.15, -0.1) is 0 Å². The first-order valence-electron chi connectivity index (χ1n) is 9.61. The fourth-order valence-corrected chi connectivity index (χ4v) is 4.02. The number of carbonyl (C=O) groups is 3. The van der Waals surface area contributed by atoms with Crippen LogP contribution >= 0.6 is 11.8 Å². The molecule has 0 bridgehead atoms. The minimum atomic E-state index is -0.456. The van der Waals surface area contributed by atoms with Crippen molar-refractivity contribution >= 4 is 41.6 Å². The fraction of sp³-hybridized carbons (Fsp3) is 0.227. The standard InChI is InChI=1S/C22H21N3O5S/c1-16(27)23-10-12-24(13-11-23)22(28)9-5-17-4-8-21(20(14-17)25(29)30)31-19-6-2-18(15-26)3-7-19/h2-9,14-15H,10-13H2,1H3/b9-5+. The second-order valence-electron chi connectivity index (χ2n) is 6.94. The lowest BCUT2D eigenvalue weighted by Gasteiger charge is -2.33. The van der Waals surface area contributed by atoms with Crippen molar-refractivity contribution in [3.63, 3.8) is 0 Å². The molecule has 1 saturated heterocycles. The Morgan fingerprint density at radius 1 is 1.00 bits per heavy atom. The van der Waals surface area contributed by atoms with Gasteiger partial charge in [0.15, 0.2) is 0 Å². The number of nitro groups is 1. The molecule has 2 aromatic carbocycles. The summed E-state index contributed by atoms with van der Waals surface area (Å²) < 4.78 is 0. The molecule has 8 nitrogen and oxygen atoms in total. The minimum Gasteiger partial charge on any atom is -0.339 e. The molecule has 1 aliphatic rings. The number of nitro benzene ring substituents is 1. The molecule has 0 radical (unpaired) electrons. The van der Waals surface area contributed by atoms with Crippen molar-refractivity contribution in [2.75, 3.05) is 26.2 Å². The van der Waals surface area contributed by atoms with Gasteiger partial charge in [0.1, 0.15) is 6.29 Å². The second kappa shape index (κ2) is 10.0. The molecule has 0 unspecified atom stereocenters. The quantitative estimate of drug-likeness (QED) is 0.296. The van der Waals surface area contributed by atoms with Crippen molar-refractivity contribution in [1.82, 2.24) is 9.80 Å². The van der Waals surface area contributed by atoms with Crippen molar-refractivity contribution in [2.24, 2.45) is 0 Å². The Labute approximate surface area is 183 Å². The van der Waals surface area contributed by atoms with Crippen molar-refractivity contribution in [2.45, 2.75) is 16.7 Å². The summed E-state index contributed by atoms with van der Waals surface area (Å²) in [6.45, 7) is 3.43. The summed E-state index contributed by atoms with van der Waals surface area (Å²) in [5.74, 6) is -0.202. The van der Waals surface area contributed by atoms with E-state index in [0.29, 0.717) is 42.2 Å². The largest absolute Gasteiger partial charge is 0.339 e. The van der Waals surface area contributed by atoms with Crippen LogP contribution in [-0.4, -0.2) is 59.0 Å². The third-order valence-electron chi connectivity index (χ3n) is 4.88. The first-order valence-corrected chi connectivity index (χ1v) is 10.4. The van der Waals surface area contributed by atoms with Crippen LogP contribution in [0, 0.1) is 10.1 Å². The lowest BCUT2D eigenvalue weighted by atomic mass is 10.2. The average molecular weight is 439 g/mol. The van der Waals surface area contributed by atoms with Crippen LogP contribution < -0.4 is 0 Å². The van der Waals surface area contributed by atoms with Gasteiger partial charge in [0.25, 0.3) is 5.69 Å². The number of amides is 2. The van der Waals surface area contributed by atoms with Crippen LogP contribution in [0.25, 0.3) is 6.08 Å². The Kier molecular flexibility index (Phi) is 7.19. The van der Waals surface area contributed by atoms with Crippen molar-refractivity contribution in [1.29, 1.82) is 0 Å². The molecule has 0 atom stereocenters. The molecule has 1 aliphatic heterocycles. The Morgan fingerprint density at radius 3 is 2.19 bits per heavy atom. The van der Waals surface area contributed by atoms with Crippen LogP contribution in [0.2, 0.25) is 0 Å². The smallest absolute Gasteiger partial charge is 0.283 e. The molecule has 3 rings (SSSR count). The number of carbonyl (C=O) groups excluding carboxylic acids is 3. The van der Waals surface area contributed by atoms with Gasteiger partial charge >= 0.3 is 0 Å². The van der Waals surface area contributed by atoms with Crippen molar-refractivity contribution in [3.05, 3.63) is 69.8 Å². The zero-order valence-electron chi connectivity index (χ0n) is 16.9. The van der Waals surface area contributed by atoms with E-state index in [1.54, 1.807) is 52.3 Å². The van der Waals surface area contributed by atoms with Crippen LogP contribution in [0.15, 0.2) is 58.3 Å². The summed E-state index contributed by atoms with van der Waals surface area (Å²) in [7, 11) is 0. The van der Waals surface area contributed by atoms with Gasteiger partial charge in [-0.3, -0.25) is 24.5 Å². The van der Waals surface area contributed by atoms with Gasteiger partial charge in [-0.05, 0) is 29.8 Å². The van der Waals surface area contributed by atoms with Gasteiger partial charge in [0.05, 0.1) is 9.82 Å². The highest BCUT2D eigenvalue weighted by molar-refractivity contribution is 7.99. The monoisotopic (exact) mass is 439 g/mol. The third kappa shape index (κ3) is 5.79. The molecular weight excluding hydrogens is 418 g/mol. The summed E-state index contributed by atoms with van der Waals surface area (Å²) in [4.78, 5) is 50.2. The lowest BCUT2D eigenvalue weighted by molar-refractivity contribution is -0.387. The van der Waals surface area contributed by atoms with Gasteiger partial charge in [-0.1, -0.05) is 30.0 Å². The minimum absolute atomic E-state index is 0.00686. The highest BCUT2D eigenvalue weighted by Crippen LogP contribution is 2.35. The summed E-state index contributed by atoms with van der Waals surface area (Å²) in [5.41, 5.74) is 1.02. The molecule has 160 valence electrons. The van der Waals surface area contributed by atoms with E-state index in [-0.39, 0.29) is 17.5 Å². The number of hydrogen-bond donors (Lipinski definition) is 0. The van der Waals surface area contributed by atoms with Gasteiger partial charge in [0, 0.05) is 55.7 Å². The van der Waals surface area contributed by atoms with E-state index in [0.717, 1.165) is 11.2 Å². The molecular formula is C22H21N3O5S. The number of piperazine rings is 1. The van der Waals surface area contributed by atoms with Gasteiger partial charge < -0.3 is 9.80 Å². The topological polar surface area (TPSA) is 101 Å². The van der Waals surface area contributed by atoms with Crippen LogP contribution in [-0.2, 0) is 9.59 Å². The third-order valence-corrected chi connectivity index (χ3v) is 5.95. The molecule has 0 aliphatic carbocycles. The maximum Gasteiger partial charge on any atom is 0.283 e. The number of aldehydes is 1. The van der Waals surface area contributed by atoms with Gasteiger partial charge in [-0.2, -0.15) is 0 Å². The predicted octanol–water partition coefficient (Wildman–Crippen LogP) is 3.26. The van der Waals surface area contributed by atoms with E-state index in [9.17, 15) is 24.5 Å². The molecule has 0 aromatic heterocycles. The molecule has 2 aromatic rings. The molecule has 2 amide bonds. The van der Waals surface area contributed by atoms with Crippen LogP contribution in [0.3, 0.4) is 0 Å². The Morgan fingerprint density at radius 2 is 1.61 bits per heavy atom. The number of benzene rings is 2. The molecule has 9 heteroatoms. The van der Waals surface area contributed by atoms with Crippen molar-refractivity contribution in [3.8, 4) is 0 Å². The number of nitrogens with zero attached hydrogens (tertiary/aromatic N) is 3. The van der Waals surface area contributed by atoms with E-state index in [2.05, 4.69) is 0 Å². The normalized spacial score (nSPS) is 14.0. The summed E-state index contributed by atoms with van der Waals surface area (Å²) in [5, 5.41) is 11.6. The summed E-state index contributed by atoms with van der Waals surface area (Å²) in [6.07, 6.45) is 3.69. The average Bonchev–Trinajstić information content (AvgIpc) is 2.78. The predicted molar refractivity (Wildman–Crippen MR) is 117 cm³/mol.